The Hall–Kier alpha value is -1.55. The Morgan fingerprint density at radius 1 is 1.52 bits per heavy atom. The van der Waals surface area contributed by atoms with Crippen molar-refractivity contribution in [2.24, 2.45) is 0 Å². The van der Waals surface area contributed by atoms with Crippen LogP contribution in [0.3, 0.4) is 0 Å². The lowest BCUT2D eigenvalue weighted by molar-refractivity contribution is -0.0610. The van der Waals surface area contributed by atoms with Gasteiger partial charge in [0.25, 0.3) is 0 Å². The van der Waals surface area contributed by atoms with Crippen LogP contribution in [0.25, 0.3) is 11.2 Å². The van der Waals surface area contributed by atoms with Crippen LogP contribution in [-0.4, -0.2) is 60.8 Å². The summed E-state index contributed by atoms with van der Waals surface area (Å²) in [6.45, 7) is 0. The van der Waals surface area contributed by atoms with Gasteiger partial charge in [-0.3, -0.25) is 4.57 Å². The quantitative estimate of drug-likeness (QED) is 0.741. The standard InChI is InChI=1S/C11H10ClFN4O4/c1-20-8-3-7(15-10(12)16-8)17(2-14-3)9-4(13)11(19)5(18)6(11)21-9/h2,4-6,9,18-19H,1H3/t4-,5?,6-,9-,11-/m1/s1. The second-order valence-corrected chi connectivity index (χ2v) is 5.35. The van der Waals surface area contributed by atoms with E-state index in [1.54, 1.807) is 0 Å². The van der Waals surface area contributed by atoms with Crippen LogP contribution in [0.15, 0.2) is 6.33 Å². The molecule has 0 amide bonds. The van der Waals surface area contributed by atoms with E-state index in [-0.39, 0.29) is 16.8 Å². The third-order valence-corrected chi connectivity index (χ3v) is 4.08. The number of hydrogen-bond acceptors (Lipinski definition) is 7. The molecule has 8 nitrogen and oxygen atoms in total. The van der Waals surface area contributed by atoms with Gasteiger partial charge in [-0.1, -0.05) is 0 Å². The highest BCUT2D eigenvalue weighted by Crippen LogP contribution is 2.55. The highest BCUT2D eigenvalue weighted by Gasteiger charge is 2.77. The Bertz CT molecular complexity index is 742. The molecule has 0 aromatic carbocycles. The minimum absolute atomic E-state index is 0.0848. The third kappa shape index (κ3) is 1.51. The molecule has 2 aliphatic rings. The zero-order chi connectivity index (χ0) is 14.9. The first-order valence-electron chi connectivity index (χ1n) is 6.12. The summed E-state index contributed by atoms with van der Waals surface area (Å²) in [6.07, 6.45) is -3.82. The van der Waals surface area contributed by atoms with Crippen LogP contribution in [-0.2, 0) is 4.74 Å². The molecule has 2 aromatic rings. The average Bonchev–Trinajstić information content (AvgIpc) is 2.81. The summed E-state index contributed by atoms with van der Waals surface area (Å²) < 4.78 is 26.0. The number of hydrogen-bond donors (Lipinski definition) is 2. The van der Waals surface area contributed by atoms with E-state index in [1.165, 1.54) is 18.0 Å². The molecule has 2 fully saturated rings. The van der Waals surface area contributed by atoms with Gasteiger partial charge in [-0.15, -0.1) is 0 Å². The number of ether oxygens (including phenoxy) is 2. The van der Waals surface area contributed by atoms with Crippen molar-refractivity contribution in [3.05, 3.63) is 11.6 Å². The number of aliphatic hydroxyl groups excluding tert-OH is 1. The molecule has 0 bridgehead atoms. The van der Waals surface area contributed by atoms with Gasteiger partial charge in [0.15, 0.2) is 29.2 Å². The summed E-state index contributed by atoms with van der Waals surface area (Å²) in [5.74, 6) is 0.154. The maximum Gasteiger partial charge on any atom is 0.246 e. The number of halogens is 2. The van der Waals surface area contributed by atoms with Crippen LogP contribution in [0.4, 0.5) is 4.39 Å². The van der Waals surface area contributed by atoms with Crippen molar-refractivity contribution in [1.82, 2.24) is 19.5 Å². The van der Waals surface area contributed by atoms with Gasteiger partial charge in [-0.2, -0.15) is 9.97 Å². The van der Waals surface area contributed by atoms with E-state index in [1.807, 2.05) is 0 Å². The largest absolute Gasteiger partial charge is 0.479 e. The minimum Gasteiger partial charge on any atom is -0.479 e. The van der Waals surface area contributed by atoms with Gasteiger partial charge >= 0.3 is 0 Å². The fourth-order valence-electron chi connectivity index (χ4n) is 2.70. The molecular weight excluding hydrogens is 307 g/mol. The van der Waals surface area contributed by atoms with Crippen molar-refractivity contribution < 1.29 is 24.1 Å². The van der Waals surface area contributed by atoms with E-state index in [2.05, 4.69) is 15.0 Å². The zero-order valence-corrected chi connectivity index (χ0v) is 11.4. The second-order valence-electron chi connectivity index (χ2n) is 5.01. The Kier molecular flexibility index (Phi) is 2.51. The predicted octanol–water partition coefficient (Wildman–Crippen LogP) is -0.171. The number of nitrogens with zero attached hydrogens (tertiary/aromatic N) is 4. The number of aliphatic hydroxyl groups is 2. The van der Waals surface area contributed by atoms with Gasteiger partial charge in [-0.25, -0.2) is 9.37 Å². The van der Waals surface area contributed by atoms with Crippen LogP contribution >= 0.6 is 11.6 Å². The number of imidazole rings is 1. The summed E-state index contributed by atoms with van der Waals surface area (Å²) >= 11 is 5.80. The predicted molar refractivity (Wildman–Crippen MR) is 66.6 cm³/mol. The zero-order valence-electron chi connectivity index (χ0n) is 10.6. The monoisotopic (exact) mass is 316 g/mol. The van der Waals surface area contributed by atoms with Crippen LogP contribution in [0.5, 0.6) is 5.88 Å². The van der Waals surface area contributed by atoms with Crippen molar-refractivity contribution in [2.45, 2.75) is 30.2 Å². The first-order chi connectivity index (χ1) is 9.98. The fraction of sp³-hybridized carbons (Fsp3) is 0.545. The fourth-order valence-corrected chi connectivity index (χ4v) is 2.85. The molecule has 0 radical (unpaired) electrons. The van der Waals surface area contributed by atoms with E-state index < -0.39 is 30.2 Å². The van der Waals surface area contributed by atoms with Crippen molar-refractivity contribution in [1.29, 1.82) is 0 Å². The average molecular weight is 317 g/mol. The number of aromatic nitrogens is 4. The molecule has 1 saturated carbocycles. The molecule has 4 rings (SSSR count). The van der Waals surface area contributed by atoms with Crippen LogP contribution < -0.4 is 4.74 Å². The number of fused-ring (bicyclic) bond motifs is 2. The Morgan fingerprint density at radius 3 is 2.90 bits per heavy atom. The summed E-state index contributed by atoms with van der Waals surface area (Å²) in [7, 11) is 1.40. The third-order valence-electron chi connectivity index (χ3n) is 3.92. The highest BCUT2D eigenvalue weighted by molar-refractivity contribution is 6.28. The number of methoxy groups -OCH3 is 1. The second kappa shape index (κ2) is 4.01. The number of rotatable bonds is 2. The van der Waals surface area contributed by atoms with Crippen molar-refractivity contribution >= 4 is 22.8 Å². The maximum absolute atomic E-state index is 14.3. The molecule has 1 unspecified atom stereocenters. The summed E-state index contributed by atoms with van der Waals surface area (Å²) in [4.78, 5) is 11.9. The highest BCUT2D eigenvalue weighted by atomic mass is 35.5. The molecule has 0 spiro atoms. The van der Waals surface area contributed by atoms with Crippen LogP contribution in [0, 0.1) is 0 Å². The van der Waals surface area contributed by atoms with E-state index in [0.29, 0.717) is 5.52 Å². The first-order valence-corrected chi connectivity index (χ1v) is 6.50. The van der Waals surface area contributed by atoms with Gasteiger partial charge in [0.2, 0.25) is 11.2 Å². The molecule has 2 aromatic heterocycles. The van der Waals surface area contributed by atoms with E-state index in [4.69, 9.17) is 21.1 Å². The van der Waals surface area contributed by atoms with Gasteiger partial charge in [-0.05, 0) is 11.6 Å². The SMILES string of the molecule is COc1nc(Cl)nc2c1ncn2[C@@H]1O[C@@H]2C(O)[C@]2(O)[C@@H]1F. The first kappa shape index (κ1) is 13.1. The Labute approximate surface area is 122 Å². The Morgan fingerprint density at radius 2 is 2.29 bits per heavy atom. The molecular formula is C11H10ClFN4O4. The van der Waals surface area contributed by atoms with Gasteiger partial charge in [0.05, 0.1) is 13.4 Å². The lowest BCUT2D eigenvalue weighted by Crippen LogP contribution is -2.33. The normalized spacial score (nSPS) is 37.8. The Balaban J connectivity index is 1.81. The molecule has 3 heterocycles. The van der Waals surface area contributed by atoms with Crippen LogP contribution in [0.2, 0.25) is 5.28 Å². The molecule has 1 aliphatic carbocycles. The van der Waals surface area contributed by atoms with Crippen molar-refractivity contribution in [2.75, 3.05) is 7.11 Å². The summed E-state index contributed by atoms with van der Waals surface area (Å²) in [5.41, 5.74) is -1.35. The van der Waals surface area contributed by atoms with E-state index in [9.17, 15) is 14.6 Å². The van der Waals surface area contributed by atoms with Crippen molar-refractivity contribution in [3.8, 4) is 5.88 Å². The summed E-state index contributed by atoms with van der Waals surface area (Å²) in [5, 5.41) is 19.3. The van der Waals surface area contributed by atoms with Gasteiger partial charge < -0.3 is 19.7 Å². The maximum atomic E-state index is 14.3. The lowest BCUT2D eigenvalue weighted by atomic mass is 10.2. The molecule has 21 heavy (non-hydrogen) atoms. The van der Waals surface area contributed by atoms with E-state index in [0.717, 1.165) is 0 Å². The van der Waals surface area contributed by atoms with E-state index >= 15 is 0 Å². The minimum atomic E-state index is -1.87. The topological polar surface area (TPSA) is 103 Å². The molecule has 1 aliphatic heterocycles. The summed E-state index contributed by atoms with van der Waals surface area (Å²) in [6, 6.07) is 0. The molecule has 5 atom stereocenters. The molecule has 2 N–H and O–H groups in total. The van der Waals surface area contributed by atoms with Gasteiger partial charge in [0, 0.05) is 0 Å². The van der Waals surface area contributed by atoms with Crippen LogP contribution in [0.1, 0.15) is 6.23 Å². The molecule has 112 valence electrons. The lowest BCUT2D eigenvalue weighted by Gasteiger charge is -2.20. The van der Waals surface area contributed by atoms with Crippen molar-refractivity contribution in [3.63, 3.8) is 0 Å². The number of alkyl halides is 1. The smallest absolute Gasteiger partial charge is 0.246 e. The molecule has 1 saturated heterocycles. The van der Waals surface area contributed by atoms with Gasteiger partial charge in [0.1, 0.15) is 12.2 Å². The molecule has 10 heteroatoms.